The lowest BCUT2D eigenvalue weighted by Gasteiger charge is -2.08. The highest BCUT2D eigenvalue weighted by Crippen LogP contribution is 1.99. The molecule has 1 fully saturated rings. The van der Waals surface area contributed by atoms with E-state index in [0.717, 1.165) is 0 Å². The second-order valence-electron chi connectivity index (χ2n) is 1.36. The second-order valence-corrected chi connectivity index (χ2v) is 2.59. The molecule has 1 saturated heterocycles. The SMILES string of the molecule is [13CH2]1[13CH2]S[13CH2][13CH2]N1. The normalized spacial score (nSPS) is 24.0. The molecule has 1 heterocycles. The summed E-state index contributed by atoms with van der Waals surface area (Å²) in [6, 6.07) is 0. The van der Waals surface area contributed by atoms with Gasteiger partial charge in [-0.05, 0) is 0 Å². The van der Waals surface area contributed by atoms with Gasteiger partial charge in [0.1, 0.15) is 0 Å². The average Bonchev–Trinajstić information content (AvgIpc) is 1.72. The van der Waals surface area contributed by atoms with Crippen LogP contribution in [-0.4, -0.2) is 24.6 Å². The molecular formula is C4H9NS. The van der Waals surface area contributed by atoms with E-state index in [2.05, 4.69) is 5.32 Å². The lowest BCUT2D eigenvalue weighted by Crippen LogP contribution is -2.24. The number of hydrogen-bond donors (Lipinski definition) is 1. The fraction of sp³-hybridized carbons (Fsp3) is 1.00. The number of nitrogens with one attached hydrogen (secondary N) is 1. The zero-order valence-corrected chi connectivity index (χ0v) is 4.55. The van der Waals surface area contributed by atoms with Crippen molar-refractivity contribution in [3.05, 3.63) is 0 Å². The fourth-order valence-corrected chi connectivity index (χ4v) is 1.30. The Bertz CT molecular complexity index is 23.0. The van der Waals surface area contributed by atoms with E-state index in [-0.39, 0.29) is 0 Å². The Balaban J connectivity index is 2.00. The Morgan fingerprint density at radius 2 is 1.83 bits per heavy atom. The van der Waals surface area contributed by atoms with Crippen molar-refractivity contribution in [3.8, 4) is 0 Å². The predicted molar refractivity (Wildman–Crippen MR) is 30.2 cm³/mol. The van der Waals surface area contributed by atoms with E-state index in [0.29, 0.717) is 0 Å². The smallest absolute Gasteiger partial charge is 0.00585 e. The molecule has 1 aliphatic rings. The minimum atomic E-state index is 1.21. The summed E-state index contributed by atoms with van der Waals surface area (Å²) >= 11 is 2.03. The summed E-state index contributed by atoms with van der Waals surface area (Å²) in [4.78, 5) is 0. The maximum atomic E-state index is 3.26. The number of rotatable bonds is 0. The highest BCUT2D eigenvalue weighted by molar-refractivity contribution is 7.99. The van der Waals surface area contributed by atoms with Crippen molar-refractivity contribution in [1.29, 1.82) is 0 Å². The van der Waals surface area contributed by atoms with Gasteiger partial charge in [-0.2, -0.15) is 11.8 Å². The van der Waals surface area contributed by atoms with Crippen molar-refractivity contribution in [2.24, 2.45) is 0 Å². The van der Waals surface area contributed by atoms with Gasteiger partial charge >= 0.3 is 0 Å². The molecule has 0 bridgehead atoms. The van der Waals surface area contributed by atoms with E-state index in [9.17, 15) is 0 Å². The molecular weight excluding hydrogens is 98.1 g/mol. The standard InChI is InChI=1S/C4H9NS/c1-3-6-4-2-5-1/h5H,1-4H2/i1+1,2+1,3+1,4+1. The third-order valence-corrected chi connectivity index (χ3v) is 1.83. The molecule has 0 aromatic carbocycles. The Morgan fingerprint density at radius 3 is 2.00 bits per heavy atom. The van der Waals surface area contributed by atoms with Gasteiger partial charge in [0.05, 0.1) is 0 Å². The van der Waals surface area contributed by atoms with Crippen LogP contribution in [0.25, 0.3) is 0 Å². The third-order valence-electron chi connectivity index (χ3n) is 0.846. The molecule has 0 saturated carbocycles. The van der Waals surface area contributed by atoms with Gasteiger partial charge in [-0.3, -0.25) is 0 Å². The van der Waals surface area contributed by atoms with Crippen LogP contribution in [0.5, 0.6) is 0 Å². The molecule has 1 N–H and O–H groups in total. The van der Waals surface area contributed by atoms with Crippen molar-refractivity contribution in [2.45, 2.75) is 0 Å². The van der Waals surface area contributed by atoms with Gasteiger partial charge in [0.2, 0.25) is 0 Å². The zero-order chi connectivity index (χ0) is 4.24. The monoisotopic (exact) mass is 107 g/mol. The first kappa shape index (κ1) is 4.47. The largest absolute Gasteiger partial charge is 0.315 e. The van der Waals surface area contributed by atoms with Crippen LogP contribution in [-0.2, 0) is 0 Å². The van der Waals surface area contributed by atoms with Gasteiger partial charge in [0, 0.05) is 24.6 Å². The zero-order valence-electron chi connectivity index (χ0n) is 3.74. The molecule has 0 aliphatic carbocycles. The van der Waals surface area contributed by atoms with E-state index >= 15 is 0 Å². The number of thioether (sulfide) groups is 1. The van der Waals surface area contributed by atoms with E-state index in [1.807, 2.05) is 11.8 Å². The number of hydrogen-bond acceptors (Lipinski definition) is 2. The summed E-state index contributed by atoms with van der Waals surface area (Å²) in [5.41, 5.74) is 0. The van der Waals surface area contributed by atoms with Crippen molar-refractivity contribution in [3.63, 3.8) is 0 Å². The molecule has 0 unspecified atom stereocenters. The van der Waals surface area contributed by atoms with Crippen LogP contribution in [0.4, 0.5) is 0 Å². The van der Waals surface area contributed by atoms with Crippen LogP contribution >= 0.6 is 11.8 Å². The molecule has 0 spiro atoms. The first-order valence-corrected chi connectivity index (χ1v) is 3.44. The van der Waals surface area contributed by atoms with Gasteiger partial charge in [-0.25, -0.2) is 0 Å². The van der Waals surface area contributed by atoms with Crippen molar-refractivity contribution in [2.75, 3.05) is 24.6 Å². The van der Waals surface area contributed by atoms with E-state index in [1.165, 1.54) is 24.6 Å². The van der Waals surface area contributed by atoms with Crippen molar-refractivity contribution in [1.82, 2.24) is 5.32 Å². The first-order chi connectivity index (χ1) is 3.00. The minimum Gasteiger partial charge on any atom is -0.315 e. The quantitative estimate of drug-likeness (QED) is 0.447. The molecule has 1 aliphatic heterocycles. The van der Waals surface area contributed by atoms with Gasteiger partial charge in [-0.15, -0.1) is 0 Å². The summed E-state index contributed by atoms with van der Waals surface area (Å²) in [6.45, 7) is 2.43. The third kappa shape index (κ3) is 1.19. The molecule has 0 aromatic rings. The highest BCUT2D eigenvalue weighted by atomic mass is 32.2. The molecule has 0 atom stereocenters. The molecule has 6 heavy (non-hydrogen) atoms. The van der Waals surface area contributed by atoms with Crippen LogP contribution in [0.15, 0.2) is 0 Å². The fourth-order valence-electron chi connectivity index (χ4n) is 0.516. The molecule has 0 radical (unpaired) electrons. The maximum Gasteiger partial charge on any atom is 0.00585 e. The van der Waals surface area contributed by atoms with Crippen LogP contribution in [0, 0.1) is 0 Å². The molecule has 36 valence electrons. The molecule has 2 heteroatoms. The van der Waals surface area contributed by atoms with Crippen molar-refractivity contribution >= 4 is 11.8 Å². The van der Waals surface area contributed by atoms with Crippen LogP contribution in [0.2, 0.25) is 0 Å². The summed E-state index contributed by atoms with van der Waals surface area (Å²) in [7, 11) is 0. The van der Waals surface area contributed by atoms with E-state index < -0.39 is 0 Å². The highest BCUT2D eigenvalue weighted by Gasteiger charge is 1.93. The lowest BCUT2D eigenvalue weighted by molar-refractivity contribution is 0.756. The van der Waals surface area contributed by atoms with Crippen LogP contribution < -0.4 is 5.32 Å². The van der Waals surface area contributed by atoms with Gasteiger partial charge in [0.15, 0.2) is 0 Å². The molecule has 0 amide bonds. The average molecular weight is 107 g/mol. The predicted octanol–water partition coefficient (Wildman–Crippen LogP) is 0.323. The Hall–Kier alpha value is 0.310. The summed E-state index contributed by atoms with van der Waals surface area (Å²) in [6.07, 6.45) is 0. The lowest BCUT2D eigenvalue weighted by atomic mass is 11.5. The first-order valence-electron chi connectivity index (χ1n) is 2.28. The summed E-state index contributed by atoms with van der Waals surface area (Å²) in [5, 5.41) is 3.26. The Kier molecular flexibility index (Phi) is 1.85. The minimum absolute atomic E-state index is 1.21. The van der Waals surface area contributed by atoms with Gasteiger partial charge in [0.25, 0.3) is 0 Å². The molecule has 1 rings (SSSR count). The second kappa shape index (κ2) is 2.48. The Labute approximate surface area is 42.5 Å². The van der Waals surface area contributed by atoms with Gasteiger partial charge < -0.3 is 5.32 Å². The molecule has 1 nitrogen and oxygen atoms in total. The summed E-state index contributed by atoms with van der Waals surface area (Å²) in [5.74, 6) is 2.61. The molecule has 0 aromatic heterocycles. The van der Waals surface area contributed by atoms with Crippen molar-refractivity contribution < 1.29 is 0 Å². The summed E-state index contributed by atoms with van der Waals surface area (Å²) < 4.78 is 0. The van der Waals surface area contributed by atoms with E-state index in [4.69, 9.17) is 0 Å². The maximum absolute atomic E-state index is 3.26. The van der Waals surface area contributed by atoms with Gasteiger partial charge in [-0.1, -0.05) is 0 Å². The van der Waals surface area contributed by atoms with E-state index in [1.54, 1.807) is 0 Å². The van der Waals surface area contributed by atoms with Crippen LogP contribution in [0.1, 0.15) is 0 Å². The van der Waals surface area contributed by atoms with Crippen LogP contribution in [0.3, 0.4) is 0 Å². The Morgan fingerprint density at radius 1 is 1.17 bits per heavy atom. The topological polar surface area (TPSA) is 12.0 Å².